The van der Waals surface area contributed by atoms with Crippen LogP contribution < -0.4 is 0 Å². The first kappa shape index (κ1) is 24.4. The van der Waals surface area contributed by atoms with Crippen LogP contribution in [-0.4, -0.2) is 0 Å². The van der Waals surface area contributed by atoms with Gasteiger partial charge in [-0.3, -0.25) is 0 Å². The summed E-state index contributed by atoms with van der Waals surface area (Å²) < 4.78 is 14.5. The van der Waals surface area contributed by atoms with E-state index in [1.807, 2.05) is 37.3 Å². The molecule has 0 aliphatic carbocycles. The molecule has 0 fully saturated rings. The van der Waals surface area contributed by atoms with E-state index in [9.17, 15) is 4.39 Å². The molecule has 0 N–H and O–H groups in total. The van der Waals surface area contributed by atoms with Crippen LogP contribution in [0, 0.1) is 5.82 Å². The molecule has 0 aliphatic rings. The van der Waals surface area contributed by atoms with Crippen molar-refractivity contribution in [3.63, 3.8) is 0 Å². The van der Waals surface area contributed by atoms with E-state index in [2.05, 4.69) is 91.9 Å². The number of allylic oxidation sites excluding steroid dienone is 2. The van der Waals surface area contributed by atoms with E-state index in [-0.39, 0.29) is 5.82 Å². The third-order valence-electron chi connectivity index (χ3n) is 6.46. The zero-order chi connectivity index (χ0) is 24.5. The van der Waals surface area contributed by atoms with E-state index in [0.717, 1.165) is 30.4 Å². The SMILES string of the molecule is C/C=C/CCc1ccc(C=Cc2ccc(-c3ccc(C[C@H](C)c4ccccc4)cc3)cc2)c(F)c1. The molecule has 0 saturated heterocycles. The van der Waals surface area contributed by atoms with Gasteiger partial charge in [0.25, 0.3) is 0 Å². The molecule has 0 aliphatic heterocycles. The maximum absolute atomic E-state index is 14.5. The zero-order valence-electron chi connectivity index (χ0n) is 20.6. The molecule has 0 amide bonds. The molecule has 1 atom stereocenters. The standard InChI is InChI=1S/C34H33F/c1-3-4-6-9-28-17-23-33(34(35)25-28)22-14-27-12-18-31(19-13-27)32-20-15-29(16-21-32)24-26(2)30-10-7-5-8-11-30/h3-5,7-8,10-23,25-26H,6,9,24H2,1-2H3/b4-3+,22-14?/t26-/m0/s1. The van der Waals surface area contributed by atoms with Gasteiger partial charge < -0.3 is 0 Å². The van der Waals surface area contributed by atoms with E-state index in [1.165, 1.54) is 22.3 Å². The summed E-state index contributed by atoms with van der Waals surface area (Å²) >= 11 is 0. The molecule has 4 rings (SSSR count). The molecule has 0 heterocycles. The van der Waals surface area contributed by atoms with E-state index >= 15 is 0 Å². The summed E-state index contributed by atoms with van der Waals surface area (Å²) in [6, 6.07) is 33.5. The van der Waals surface area contributed by atoms with E-state index < -0.39 is 0 Å². The molecule has 0 nitrogen and oxygen atoms in total. The lowest BCUT2D eigenvalue weighted by molar-refractivity contribution is 0.622. The smallest absolute Gasteiger partial charge is 0.130 e. The normalized spacial score (nSPS) is 12.4. The van der Waals surface area contributed by atoms with Crippen molar-refractivity contribution in [2.24, 2.45) is 0 Å². The number of hydrogen-bond acceptors (Lipinski definition) is 0. The fourth-order valence-electron chi connectivity index (χ4n) is 4.34. The summed E-state index contributed by atoms with van der Waals surface area (Å²) in [4.78, 5) is 0. The second-order valence-corrected chi connectivity index (χ2v) is 9.13. The molecular weight excluding hydrogens is 427 g/mol. The van der Waals surface area contributed by atoms with Gasteiger partial charge >= 0.3 is 0 Å². The van der Waals surface area contributed by atoms with Crippen LogP contribution in [0.3, 0.4) is 0 Å². The summed E-state index contributed by atoms with van der Waals surface area (Å²) in [5.74, 6) is 0.324. The summed E-state index contributed by atoms with van der Waals surface area (Å²) in [5.41, 5.74) is 7.81. The Hall–Kier alpha value is -3.71. The first-order valence-corrected chi connectivity index (χ1v) is 12.4. The highest BCUT2D eigenvalue weighted by Gasteiger charge is 2.07. The molecule has 0 unspecified atom stereocenters. The molecule has 0 spiro atoms. The molecule has 4 aromatic carbocycles. The van der Waals surface area contributed by atoms with Gasteiger partial charge in [0.15, 0.2) is 0 Å². The summed E-state index contributed by atoms with van der Waals surface area (Å²) in [7, 11) is 0. The zero-order valence-corrected chi connectivity index (χ0v) is 20.6. The fourth-order valence-corrected chi connectivity index (χ4v) is 4.34. The minimum Gasteiger partial charge on any atom is -0.206 e. The molecule has 1 heteroatoms. The molecular formula is C34H33F. The van der Waals surface area contributed by atoms with Gasteiger partial charge in [-0.05, 0) is 71.6 Å². The summed E-state index contributed by atoms with van der Waals surface area (Å²) in [6.45, 7) is 4.28. The summed E-state index contributed by atoms with van der Waals surface area (Å²) in [5, 5.41) is 0. The van der Waals surface area contributed by atoms with E-state index in [0.29, 0.717) is 11.5 Å². The van der Waals surface area contributed by atoms with Crippen molar-refractivity contribution in [3.05, 3.63) is 143 Å². The van der Waals surface area contributed by atoms with Gasteiger partial charge in [0.1, 0.15) is 5.82 Å². The van der Waals surface area contributed by atoms with Gasteiger partial charge in [0, 0.05) is 5.56 Å². The largest absolute Gasteiger partial charge is 0.206 e. The van der Waals surface area contributed by atoms with Gasteiger partial charge in [0.05, 0.1) is 0 Å². The Balaban J connectivity index is 1.37. The van der Waals surface area contributed by atoms with Gasteiger partial charge in [0.2, 0.25) is 0 Å². The summed E-state index contributed by atoms with van der Waals surface area (Å²) in [6.07, 6.45) is 10.8. The molecule has 176 valence electrons. The Kier molecular flexibility index (Phi) is 8.46. The lowest BCUT2D eigenvalue weighted by Crippen LogP contribution is -1.98. The predicted molar refractivity (Wildman–Crippen MR) is 149 cm³/mol. The number of benzene rings is 4. The first-order valence-electron chi connectivity index (χ1n) is 12.4. The maximum atomic E-state index is 14.5. The van der Waals surface area contributed by atoms with Crippen molar-refractivity contribution in [1.82, 2.24) is 0 Å². The molecule has 4 aromatic rings. The number of hydrogen-bond donors (Lipinski definition) is 0. The Labute approximate surface area is 209 Å². The van der Waals surface area contributed by atoms with Crippen LogP contribution in [-0.2, 0) is 12.8 Å². The molecule has 35 heavy (non-hydrogen) atoms. The van der Waals surface area contributed by atoms with E-state index in [4.69, 9.17) is 0 Å². The monoisotopic (exact) mass is 460 g/mol. The third kappa shape index (κ3) is 6.90. The molecule has 0 saturated carbocycles. The quantitative estimate of drug-likeness (QED) is 0.172. The minimum atomic E-state index is -0.169. The van der Waals surface area contributed by atoms with Gasteiger partial charge in [-0.25, -0.2) is 4.39 Å². The number of rotatable bonds is 9. The lowest BCUT2D eigenvalue weighted by atomic mass is 9.93. The highest BCUT2D eigenvalue weighted by atomic mass is 19.1. The van der Waals surface area contributed by atoms with Crippen molar-refractivity contribution in [1.29, 1.82) is 0 Å². The molecule has 0 aromatic heterocycles. The van der Waals surface area contributed by atoms with Crippen LogP contribution in [0.4, 0.5) is 4.39 Å². The molecule has 0 bridgehead atoms. The minimum absolute atomic E-state index is 0.169. The average molecular weight is 461 g/mol. The second kappa shape index (κ2) is 12.1. The Morgan fingerprint density at radius 2 is 1.40 bits per heavy atom. The Morgan fingerprint density at radius 3 is 2.06 bits per heavy atom. The van der Waals surface area contributed by atoms with Crippen LogP contribution >= 0.6 is 0 Å². The van der Waals surface area contributed by atoms with Crippen molar-refractivity contribution in [2.45, 2.75) is 39.0 Å². The predicted octanol–water partition coefficient (Wildman–Crippen LogP) is 9.52. The van der Waals surface area contributed by atoms with Crippen LogP contribution in [0.25, 0.3) is 23.3 Å². The average Bonchev–Trinajstić information content (AvgIpc) is 2.90. The Morgan fingerprint density at radius 1 is 0.743 bits per heavy atom. The van der Waals surface area contributed by atoms with Crippen molar-refractivity contribution < 1.29 is 4.39 Å². The van der Waals surface area contributed by atoms with Gasteiger partial charge in [-0.15, -0.1) is 0 Å². The third-order valence-corrected chi connectivity index (χ3v) is 6.46. The second-order valence-electron chi connectivity index (χ2n) is 9.13. The number of halogens is 1. The van der Waals surface area contributed by atoms with Crippen LogP contribution in [0.15, 0.2) is 109 Å². The van der Waals surface area contributed by atoms with Crippen molar-refractivity contribution in [2.75, 3.05) is 0 Å². The topological polar surface area (TPSA) is 0 Å². The fraction of sp³-hybridized carbons (Fsp3) is 0.176. The number of aryl methyl sites for hydroxylation is 1. The van der Waals surface area contributed by atoms with Crippen molar-refractivity contribution in [3.8, 4) is 11.1 Å². The van der Waals surface area contributed by atoms with Gasteiger partial charge in [-0.1, -0.05) is 122 Å². The highest BCUT2D eigenvalue weighted by molar-refractivity contribution is 5.72. The highest BCUT2D eigenvalue weighted by Crippen LogP contribution is 2.25. The van der Waals surface area contributed by atoms with Crippen LogP contribution in [0.2, 0.25) is 0 Å². The Bertz CT molecular complexity index is 1260. The first-order chi connectivity index (χ1) is 17.1. The van der Waals surface area contributed by atoms with E-state index in [1.54, 1.807) is 6.07 Å². The molecule has 0 radical (unpaired) electrons. The maximum Gasteiger partial charge on any atom is 0.130 e. The lowest BCUT2D eigenvalue weighted by Gasteiger charge is -2.12. The van der Waals surface area contributed by atoms with Gasteiger partial charge in [-0.2, -0.15) is 0 Å². The van der Waals surface area contributed by atoms with Crippen LogP contribution in [0.1, 0.15) is 54.0 Å². The van der Waals surface area contributed by atoms with Crippen LogP contribution in [0.5, 0.6) is 0 Å². The van der Waals surface area contributed by atoms with Crippen molar-refractivity contribution >= 4 is 12.2 Å².